The van der Waals surface area contributed by atoms with Crippen LogP contribution in [-0.2, 0) is 17.7 Å². The van der Waals surface area contributed by atoms with Crippen LogP contribution in [0.25, 0.3) is 0 Å². The zero-order chi connectivity index (χ0) is 18.8. The van der Waals surface area contributed by atoms with Crippen LogP contribution in [-0.4, -0.2) is 50.6 Å². The van der Waals surface area contributed by atoms with Crippen molar-refractivity contribution in [3.8, 4) is 17.2 Å². The first-order valence-electron chi connectivity index (χ1n) is 10.1. The predicted octanol–water partition coefficient (Wildman–Crippen LogP) is 3.05. The molecule has 3 aliphatic rings. The van der Waals surface area contributed by atoms with Gasteiger partial charge < -0.3 is 24.3 Å². The number of nitrogens with zero attached hydrogens (tertiary/aromatic N) is 1. The highest BCUT2D eigenvalue weighted by molar-refractivity contribution is 5.63. The van der Waals surface area contributed by atoms with Crippen molar-refractivity contribution in [3.63, 3.8) is 0 Å². The number of anilines is 1. The Balaban J connectivity index is 1.18. The molecule has 28 heavy (non-hydrogen) atoms. The normalized spacial score (nSPS) is 21.1. The number of para-hydroxylation sites is 1. The molecule has 0 radical (unpaired) electrons. The molecule has 1 saturated heterocycles. The van der Waals surface area contributed by atoms with Gasteiger partial charge in [-0.05, 0) is 42.2 Å². The van der Waals surface area contributed by atoms with E-state index in [0.29, 0.717) is 13.4 Å². The molecule has 0 aliphatic carbocycles. The number of hydrogen-bond donors (Lipinski definition) is 1. The summed E-state index contributed by atoms with van der Waals surface area (Å²) in [6, 6.07) is 12.5. The third kappa shape index (κ3) is 3.75. The topological polar surface area (TPSA) is 52.2 Å². The smallest absolute Gasteiger partial charge is 0.231 e. The maximum absolute atomic E-state index is 6.15. The van der Waals surface area contributed by atoms with Gasteiger partial charge in [-0.1, -0.05) is 18.2 Å². The molecule has 0 aromatic heterocycles. The minimum Gasteiger partial charge on any atom is -0.489 e. The average molecular weight is 382 g/mol. The second kappa shape index (κ2) is 7.89. The lowest BCUT2D eigenvalue weighted by Gasteiger charge is -2.33. The highest BCUT2D eigenvalue weighted by Gasteiger charge is 2.23. The van der Waals surface area contributed by atoms with Crippen LogP contribution in [0, 0.1) is 0 Å². The van der Waals surface area contributed by atoms with E-state index in [9.17, 15) is 0 Å². The van der Waals surface area contributed by atoms with Crippen LogP contribution in [0.15, 0.2) is 36.4 Å². The number of rotatable bonds is 5. The SMILES string of the molecule is c1cc2c(c(OC[C@@H]3CN(Cc4ccc5c(c4)OCO5)CCO3)c1)NCCC2. The molecule has 0 spiro atoms. The van der Waals surface area contributed by atoms with E-state index in [0.717, 1.165) is 62.1 Å². The molecule has 0 saturated carbocycles. The Hall–Kier alpha value is -2.44. The van der Waals surface area contributed by atoms with Crippen molar-refractivity contribution in [2.24, 2.45) is 0 Å². The second-order valence-electron chi connectivity index (χ2n) is 7.55. The molecule has 2 aromatic carbocycles. The molecule has 2 aromatic rings. The van der Waals surface area contributed by atoms with Gasteiger partial charge >= 0.3 is 0 Å². The van der Waals surface area contributed by atoms with Gasteiger partial charge in [-0.3, -0.25) is 4.90 Å². The molecule has 148 valence electrons. The fourth-order valence-electron chi connectivity index (χ4n) is 4.10. The van der Waals surface area contributed by atoms with Gasteiger partial charge in [0, 0.05) is 26.2 Å². The number of fused-ring (bicyclic) bond motifs is 2. The Labute approximate surface area is 165 Å². The molecule has 3 aliphatic heterocycles. The summed E-state index contributed by atoms with van der Waals surface area (Å²) in [5.74, 6) is 2.61. The number of morpholine rings is 1. The number of benzene rings is 2. The summed E-state index contributed by atoms with van der Waals surface area (Å²) in [7, 11) is 0. The first kappa shape index (κ1) is 17.6. The molecule has 5 rings (SSSR count). The lowest BCUT2D eigenvalue weighted by molar-refractivity contribution is -0.0503. The van der Waals surface area contributed by atoms with Gasteiger partial charge in [-0.2, -0.15) is 0 Å². The van der Waals surface area contributed by atoms with Gasteiger partial charge in [0.05, 0.1) is 12.3 Å². The molecule has 6 nitrogen and oxygen atoms in total. The van der Waals surface area contributed by atoms with E-state index >= 15 is 0 Å². The van der Waals surface area contributed by atoms with Crippen LogP contribution in [0.2, 0.25) is 0 Å². The van der Waals surface area contributed by atoms with Gasteiger partial charge in [0.25, 0.3) is 0 Å². The molecule has 1 N–H and O–H groups in total. The maximum atomic E-state index is 6.15. The van der Waals surface area contributed by atoms with Crippen LogP contribution in [0.3, 0.4) is 0 Å². The van der Waals surface area contributed by atoms with Gasteiger partial charge in [-0.25, -0.2) is 0 Å². The summed E-state index contributed by atoms with van der Waals surface area (Å²) in [5, 5.41) is 3.48. The summed E-state index contributed by atoms with van der Waals surface area (Å²) >= 11 is 0. The average Bonchev–Trinajstić information content (AvgIpc) is 3.20. The van der Waals surface area contributed by atoms with E-state index in [1.807, 2.05) is 12.1 Å². The minimum absolute atomic E-state index is 0.0715. The fourth-order valence-corrected chi connectivity index (χ4v) is 4.10. The van der Waals surface area contributed by atoms with Crippen LogP contribution >= 0.6 is 0 Å². The molecular formula is C22H26N2O4. The maximum Gasteiger partial charge on any atom is 0.231 e. The molecule has 6 heteroatoms. The largest absolute Gasteiger partial charge is 0.489 e. The Bertz CT molecular complexity index is 841. The Morgan fingerprint density at radius 1 is 1.14 bits per heavy atom. The summed E-state index contributed by atoms with van der Waals surface area (Å²) in [4.78, 5) is 2.41. The number of ether oxygens (including phenoxy) is 4. The highest BCUT2D eigenvalue weighted by atomic mass is 16.7. The molecular weight excluding hydrogens is 356 g/mol. The first-order chi connectivity index (χ1) is 13.8. The molecule has 0 bridgehead atoms. The predicted molar refractivity (Wildman–Crippen MR) is 106 cm³/mol. The Morgan fingerprint density at radius 3 is 3.11 bits per heavy atom. The Morgan fingerprint density at radius 2 is 2.11 bits per heavy atom. The third-order valence-corrected chi connectivity index (χ3v) is 5.53. The number of nitrogens with one attached hydrogen (secondary N) is 1. The molecule has 1 atom stereocenters. The molecule has 0 amide bonds. The van der Waals surface area contributed by atoms with E-state index in [2.05, 4.69) is 34.5 Å². The van der Waals surface area contributed by atoms with Gasteiger partial charge in [0.1, 0.15) is 18.5 Å². The van der Waals surface area contributed by atoms with E-state index in [-0.39, 0.29) is 6.10 Å². The van der Waals surface area contributed by atoms with Crippen LogP contribution < -0.4 is 19.5 Å². The quantitative estimate of drug-likeness (QED) is 0.858. The number of aryl methyl sites for hydroxylation is 1. The zero-order valence-corrected chi connectivity index (χ0v) is 16.0. The summed E-state index contributed by atoms with van der Waals surface area (Å²) in [6.07, 6.45) is 2.36. The van der Waals surface area contributed by atoms with Gasteiger partial charge in [-0.15, -0.1) is 0 Å². The molecule has 3 heterocycles. The number of hydrogen-bond acceptors (Lipinski definition) is 6. The lowest BCUT2D eigenvalue weighted by Crippen LogP contribution is -2.44. The van der Waals surface area contributed by atoms with E-state index in [1.165, 1.54) is 17.5 Å². The fraction of sp³-hybridized carbons (Fsp3) is 0.455. The molecule has 1 fully saturated rings. The highest BCUT2D eigenvalue weighted by Crippen LogP contribution is 2.33. The van der Waals surface area contributed by atoms with Gasteiger partial charge in [0.2, 0.25) is 6.79 Å². The summed E-state index contributed by atoms with van der Waals surface area (Å²) in [6.45, 7) is 5.27. The molecule has 0 unspecified atom stereocenters. The van der Waals surface area contributed by atoms with Crippen molar-refractivity contribution in [3.05, 3.63) is 47.5 Å². The Kier molecular flexibility index (Phi) is 4.97. The van der Waals surface area contributed by atoms with E-state index in [4.69, 9.17) is 18.9 Å². The summed E-state index contributed by atoms with van der Waals surface area (Å²) < 4.78 is 23.0. The van der Waals surface area contributed by atoms with Crippen molar-refractivity contribution >= 4 is 5.69 Å². The van der Waals surface area contributed by atoms with Crippen molar-refractivity contribution in [1.29, 1.82) is 0 Å². The van der Waals surface area contributed by atoms with Crippen molar-refractivity contribution in [2.45, 2.75) is 25.5 Å². The zero-order valence-electron chi connectivity index (χ0n) is 16.0. The van der Waals surface area contributed by atoms with Crippen LogP contribution in [0.5, 0.6) is 17.2 Å². The lowest BCUT2D eigenvalue weighted by atomic mass is 10.0. The van der Waals surface area contributed by atoms with Crippen molar-refractivity contribution in [1.82, 2.24) is 4.90 Å². The summed E-state index contributed by atoms with van der Waals surface area (Å²) in [5.41, 5.74) is 3.73. The van der Waals surface area contributed by atoms with Crippen LogP contribution in [0.1, 0.15) is 17.5 Å². The van der Waals surface area contributed by atoms with E-state index < -0.39 is 0 Å². The van der Waals surface area contributed by atoms with Crippen LogP contribution in [0.4, 0.5) is 5.69 Å². The second-order valence-corrected chi connectivity index (χ2v) is 7.55. The first-order valence-corrected chi connectivity index (χ1v) is 10.1. The van der Waals surface area contributed by atoms with Gasteiger partial charge in [0.15, 0.2) is 11.5 Å². The monoisotopic (exact) mass is 382 g/mol. The van der Waals surface area contributed by atoms with Crippen molar-refractivity contribution in [2.75, 3.05) is 45.0 Å². The van der Waals surface area contributed by atoms with E-state index in [1.54, 1.807) is 0 Å². The third-order valence-electron chi connectivity index (χ3n) is 5.53. The minimum atomic E-state index is 0.0715. The standard InChI is InChI=1S/C22H26N2O4/c1-3-17-4-2-8-23-22(17)20(5-1)26-14-18-13-24(9-10-25-18)12-16-6-7-19-21(11-16)28-15-27-19/h1,3,5-7,11,18,23H,2,4,8-10,12-15H2/t18-/m0/s1. The van der Waals surface area contributed by atoms with Crippen molar-refractivity contribution < 1.29 is 18.9 Å².